The van der Waals surface area contributed by atoms with Crippen LogP contribution in [0.2, 0.25) is 0 Å². The van der Waals surface area contributed by atoms with E-state index in [-0.39, 0.29) is 5.91 Å². The van der Waals surface area contributed by atoms with Gasteiger partial charge in [0.2, 0.25) is 5.91 Å². The van der Waals surface area contributed by atoms with E-state index in [0.717, 1.165) is 32.4 Å². The Labute approximate surface area is 127 Å². The lowest BCUT2D eigenvalue weighted by molar-refractivity contribution is -0.121. The van der Waals surface area contributed by atoms with Gasteiger partial charge in [0.1, 0.15) is 0 Å². The number of benzene rings is 1. The lowest BCUT2D eigenvalue weighted by Gasteiger charge is -2.30. The number of hydrogen-bond acceptors (Lipinski definition) is 3. The van der Waals surface area contributed by atoms with Crippen LogP contribution in [0.3, 0.4) is 0 Å². The van der Waals surface area contributed by atoms with E-state index in [9.17, 15) is 9.90 Å². The summed E-state index contributed by atoms with van der Waals surface area (Å²) in [6.45, 7) is 4.88. The average molecular weight is 290 g/mol. The van der Waals surface area contributed by atoms with Crippen LogP contribution in [0.15, 0.2) is 24.3 Å². The molecule has 1 unspecified atom stereocenters. The highest BCUT2D eigenvalue weighted by molar-refractivity contribution is 5.75. The summed E-state index contributed by atoms with van der Waals surface area (Å²) in [5.74, 6) is 0.0416. The number of hydrogen-bond donors (Lipinski definition) is 2. The van der Waals surface area contributed by atoms with Crippen LogP contribution in [0.1, 0.15) is 37.3 Å². The molecule has 0 saturated carbocycles. The smallest absolute Gasteiger partial charge is 0.220 e. The number of carbonyl (C=O) groups excluding carboxylic acids is 1. The number of nitrogens with zero attached hydrogens (tertiary/aromatic N) is 1. The quantitative estimate of drug-likeness (QED) is 0.804. The van der Waals surface area contributed by atoms with Crippen molar-refractivity contribution >= 4 is 5.91 Å². The van der Waals surface area contributed by atoms with E-state index < -0.39 is 6.10 Å². The second-order valence-corrected chi connectivity index (χ2v) is 5.82. The molecule has 4 nitrogen and oxygen atoms in total. The molecular weight excluding hydrogens is 264 g/mol. The van der Waals surface area contributed by atoms with Gasteiger partial charge in [-0.1, -0.05) is 37.6 Å². The highest BCUT2D eigenvalue weighted by atomic mass is 16.3. The lowest BCUT2D eigenvalue weighted by Crippen LogP contribution is -2.42. The number of nitrogens with one attached hydrogen (secondary N) is 1. The molecule has 21 heavy (non-hydrogen) atoms. The molecule has 1 atom stereocenters. The Morgan fingerprint density at radius 3 is 2.90 bits per heavy atom. The molecule has 1 aliphatic rings. The van der Waals surface area contributed by atoms with Gasteiger partial charge >= 0.3 is 0 Å². The zero-order valence-electron chi connectivity index (χ0n) is 12.8. The highest BCUT2D eigenvalue weighted by Gasteiger charge is 2.18. The Kier molecular flexibility index (Phi) is 6.21. The van der Waals surface area contributed by atoms with Gasteiger partial charge in [-0.15, -0.1) is 0 Å². The van der Waals surface area contributed by atoms with Crippen LogP contribution in [0.25, 0.3) is 0 Å². The molecule has 1 aliphatic heterocycles. The topological polar surface area (TPSA) is 52.6 Å². The minimum absolute atomic E-state index is 0.0416. The Hall–Kier alpha value is -1.39. The fraction of sp³-hybridized carbons (Fsp3) is 0.588. The largest absolute Gasteiger partial charge is 0.390 e. The Bertz CT molecular complexity index is 462. The maximum atomic E-state index is 11.5. The summed E-state index contributed by atoms with van der Waals surface area (Å²) in [7, 11) is 0. The standard InChI is InChI=1S/C17H26N2O2/c1-2-3-8-17(21)18-11-16(20)13-19-10-9-14-6-4-5-7-15(14)12-19/h4-7,16,20H,2-3,8-13H2,1H3,(H,18,21). The third kappa shape index (κ3) is 5.14. The van der Waals surface area contributed by atoms with Gasteiger partial charge in [0.25, 0.3) is 0 Å². The van der Waals surface area contributed by atoms with Crippen molar-refractivity contribution in [2.24, 2.45) is 0 Å². The summed E-state index contributed by atoms with van der Waals surface area (Å²) in [5, 5.41) is 12.9. The van der Waals surface area contributed by atoms with Crippen molar-refractivity contribution in [1.82, 2.24) is 10.2 Å². The third-order valence-electron chi connectivity index (χ3n) is 3.97. The van der Waals surface area contributed by atoms with E-state index in [1.165, 1.54) is 11.1 Å². The number of carbonyl (C=O) groups is 1. The van der Waals surface area contributed by atoms with Gasteiger partial charge in [-0.05, 0) is 24.0 Å². The van der Waals surface area contributed by atoms with Crippen LogP contribution in [-0.2, 0) is 17.8 Å². The Balaban J connectivity index is 1.72. The summed E-state index contributed by atoms with van der Waals surface area (Å²) >= 11 is 0. The number of fused-ring (bicyclic) bond motifs is 1. The summed E-state index contributed by atoms with van der Waals surface area (Å²) in [6.07, 6.45) is 3.01. The third-order valence-corrected chi connectivity index (χ3v) is 3.97. The number of β-amino-alcohol motifs (C(OH)–C–C–N with tert-alkyl or cyclic N) is 1. The van der Waals surface area contributed by atoms with Crippen molar-refractivity contribution in [3.05, 3.63) is 35.4 Å². The molecule has 1 aromatic carbocycles. The van der Waals surface area contributed by atoms with Gasteiger partial charge in [-0.3, -0.25) is 9.69 Å². The molecule has 0 aromatic heterocycles. The van der Waals surface area contributed by atoms with Crippen molar-refractivity contribution in [3.8, 4) is 0 Å². The number of aliphatic hydroxyl groups is 1. The van der Waals surface area contributed by atoms with Crippen LogP contribution in [0.5, 0.6) is 0 Å². The van der Waals surface area contributed by atoms with E-state index in [4.69, 9.17) is 0 Å². The molecule has 0 aliphatic carbocycles. The molecule has 0 spiro atoms. The maximum Gasteiger partial charge on any atom is 0.220 e. The Morgan fingerprint density at radius 2 is 2.14 bits per heavy atom. The lowest BCUT2D eigenvalue weighted by atomic mass is 10.00. The summed E-state index contributed by atoms with van der Waals surface area (Å²) in [4.78, 5) is 13.8. The van der Waals surface area contributed by atoms with Crippen LogP contribution < -0.4 is 5.32 Å². The van der Waals surface area contributed by atoms with E-state index >= 15 is 0 Å². The number of rotatable bonds is 7. The monoisotopic (exact) mass is 290 g/mol. The summed E-state index contributed by atoms with van der Waals surface area (Å²) < 4.78 is 0. The first-order valence-electron chi connectivity index (χ1n) is 7.93. The van der Waals surface area contributed by atoms with Crippen molar-refractivity contribution in [2.75, 3.05) is 19.6 Å². The van der Waals surface area contributed by atoms with E-state index in [1.54, 1.807) is 0 Å². The molecule has 1 amide bonds. The maximum absolute atomic E-state index is 11.5. The van der Waals surface area contributed by atoms with E-state index in [2.05, 4.69) is 41.4 Å². The fourth-order valence-corrected chi connectivity index (χ4v) is 2.73. The van der Waals surface area contributed by atoms with Gasteiger partial charge in [0.15, 0.2) is 0 Å². The van der Waals surface area contributed by atoms with Crippen molar-refractivity contribution < 1.29 is 9.90 Å². The molecule has 4 heteroatoms. The highest BCUT2D eigenvalue weighted by Crippen LogP contribution is 2.18. The first-order valence-corrected chi connectivity index (χ1v) is 7.93. The normalized spacial score (nSPS) is 16.3. The molecule has 2 N–H and O–H groups in total. The van der Waals surface area contributed by atoms with Gasteiger partial charge in [0, 0.05) is 32.6 Å². The minimum Gasteiger partial charge on any atom is -0.390 e. The molecule has 2 rings (SSSR count). The molecule has 0 fully saturated rings. The van der Waals surface area contributed by atoms with Crippen LogP contribution in [-0.4, -0.2) is 41.7 Å². The van der Waals surface area contributed by atoms with Crippen molar-refractivity contribution in [3.63, 3.8) is 0 Å². The van der Waals surface area contributed by atoms with Gasteiger partial charge in [-0.25, -0.2) is 0 Å². The predicted molar refractivity (Wildman–Crippen MR) is 84.0 cm³/mol. The first-order chi connectivity index (χ1) is 10.2. The fourth-order valence-electron chi connectivity index (χ4n) is 2.73. The van der Waals surface area contributed by atoms with E-state index in [0.29, 0.717) is 19.5 Å². The van der Waals surface area contributed by atoms with Gasteiger partial charge in [-0.2, -0.15) is 0 Å². The molecule has 1 heterocycles. The number of aliphatic hydroxyl groups excluding tert-OH is 1. The zero-order chi connectivity index (χ0) is 15.1. The molecular formula is C17H26N2O2. The first kappa shape index (κ1) is 16.0. The van der Waals surface area contributed by atoms with Crippen molar-refractivity contribution in [1.29, 1.82) is 0 Å². The van der Waals surface area contributed by atoms with Crippen LogP contribution in [0.4, 0.5) is 0 Å². The second kappa shape index (κ2) is 8.15. The van der Waals surface area contributed by atoms with E-state index in [1.807, 2.05) is 0 Å². The van der Waals surface area contributed by atoms with Gasteiger partial charge in [0.05, 0.1) is 6.10 Å². The van der Waals surface area contributed by atoms with Gasteiger partial charge < -0.3 is 10.4 Å². The number of amides is 1. The average Bonchev–Trinajstić information content (AvgIpc) is 2.50. The summed E-state index contributed by atoms with van der Waals surface area (Å²) in [5.41, 5.74) is 2.76. The predicted octanol–water partition coefficient (Wildman–Crippen LogP) is 1.71. The number of unbranched alkanes of at least 4 members (excludes halogenated alkanes) is 1. The van der Waals surface area contributed by atoms with Crippen molar-refractivity contribution in [2.45, 2.75) is 45.3 Å². The molecule has 0 saturated heterocycles. The second-order valence-electron chi connectivity index (χ2n) is 5.82. The summed E-state index contributed by atoms with van der Waals surface area (Å²) in [6, 6.07) is 8.47. The van der Waals surface area contributed by atoms with Crippen LogP contribution in [0, 0.1) is 0 Å². The minimum atomic E-state index is -0.499. The Morgan fingerprint density at radius 1 is 1.38 bits per heavy atom. The zero-order valence-corrected chi connectivity index (χ0v) is 12.8. The molecule has 1 aromatic rings. The molecule has 0 radical (unpaired) electrons. The molecule has 0 bridgehead atoms. The SMILES string of the molecule is CCCCC(=O)NCC(O)CN1CCc2ccccc2C1. The molecule has 116 valence electrons. The van der Waals surface area contributed by atoms with Crippen LogP contribution >= 0.6 is 0 Å².